The summed E-state index contributed by atoms with van der Waals surface area (Å²) in [7, 11) is 0. The molecule has 3 heteroatoms. The van der Waals surface area contributed by atoms with Crippen LogP contribution in [0.3, 0.4) is 0 Å². The van der Waals surface area contributed by atoms with E-state index in [9.17, 15) is 5.11 Å². The van der Waals surface area contributed by atoms with Crippen molar-refractivity contribution in [3.8, 4) is 5.75 Å². The summed E-state index contributed by atoms with van der Waals surface area (Å²) >= 11 is 1.93. The molecule has 1 aromatic carbocycles. The molecular formula is C15H25NOS. The van der Waals surface area contributed by atoms with E-state index in [1.54, 1.807) is 6.07 Å². The second-order valence-electron chi connectivity index (χ2n) is 4.68. The molecule has 1 unspecified atom stereocenters. The molecule has 0 heterocycles. The van der Waals surface area contributed by atoms with Crippen molar-refractivity contribution in [2.75, 3.05) is 18.6 Å². The Morgan fingerprint density at radius 1 is 1.22 bits per heavy atom. The topological polar surface area (TPSA) is 32.3 Å². The number of rotatable bonds is 9. The van der Waals surface area contributed by atoms with Crippen LogP contribution in [0, 0.1) is 0 Å². The first-order valence-electron chi connectivity index (χ1n) is 6.75. The Hall–Kier alpha value is -0.670. The van der Waals surface area contributed by atoms with Crippen molar-refractivity contribution in [2.45, 2.75) is 38.6 Å². The first kappa shape index (κ1) is 15.4. The Bertz CT molecular complexity index is 330. The second kappa shape index (κ2) is 9.29. The normalized spacial score (nSPS) is 12.6. The van der Waals surface area contributed by atoms with Gasteiger partial charge in [0.05, 0.1) is 0 Å². The Morgan fingerprint density at radius 2 is 2.00 bits per heavy atom. The lowest BCUT2D eigenvalue weighted by Gasteiger charge is -2.14. The van der Waals surface area contributed by atoms with Gasteiger partial charge >= 0.3 is 0 Å². The molecule has 1 aromatic rings. The third-order valence-electron chi connectivity index (χ3n) is 3.10. The third kappa shape index (κ3) is 6.31. The zero-order chi connectivity index (χ0) is 13.2. The summed E-state index contributed by atoms with van der Waals surface area (Å²) in [5.74, 6) is 1.63. The molecular weight excluding hydrogens is 242 g/mol. The first-order chi connectivity index (χ1) is 8.74. The number of aromatic hydroxyl groups is 1. The Kier molecular flexibility index (Phi) is 7.94. The lowest BCUT2D eigenvalue weighted by atomic mass is 10.1. The van der Waals surface area contributed by atoms with Gasteiger partial charge in [-0.05, 0) is 56.0 Å². The SMILES string of the molecule is CSCCCCCCNC(C)c1cccc(O)c1. The molecule has 0 fully saturated rings. The summed E-state index contributed by atoms with van der Waals surface area (Å²) in [6.45, 7) is 3.19. The monoisotopic (exact) mass is 267 g/mol. The highest BCUT2D eigenvalue weighted by Crippen LogP contribution is 2.17. The standard InChI is InChI=1S/C15H25NOS/c1-13(14-8-7-9-15(17)12-14)16-10-5-3-4-6-11-18-2/h7-9,12-13,16-17H,3-6,10-11H2,1-2H3. The Balaban J connectivity index is 2.12. The molecule has 0 amide bonds. The third-order valence-corrected chi connectivity index (χ3v) is 3.79. The maximum absolute atomic E-state index is 9.42. The average Bonchev–Trinajstić information content (AvgIpc) is 2.37. The molecule has 0 bridgehead atoms. The maximum Gasteiger partial charge on any atom is 0.115 e. The number of phenolic OH excluding ortho intramolecular Hbond substituents is 1. The molecule has 2 N–H and O–H groups in total. The van der Waals surface area contributed by atoms with Gasteiger partial charge in [-0.3, -0.25) is 0 Å². The molecule has 0 radical (unpaired) electrons. The number of benzene rings is 1. The molecule has 0 saturated carbocycles. The number of unbranched alkanes of at least 4 members (excludes halogenated alkanes) is 3. The van der Waals surface area contributed by atoms with Gasteiger partial charge in [0.2, 0.25) is 0 Å². The lowest BCUT2D eigenvalue weighted by Crippen LogP contribution is -2.19. The summed E-state index contributed by atoms with van der Waals surface area (Å²) < 4.78 is 0. The zero-order valence-corrected chi connectivity index (χ0v) is 12.3. The molecule has 0 aliphatic carbocycles. The summed E-state index contributed by atoms with van der Waals surface area (Å²) in [6, 6.07) is 7.79. The highest BCUT2D eigenvalue weighted by Gasteiger charge is 2.04. The minimum atomic E-state index is 0.309. The fraction of sp³-hybridized carbons (Fsp3) is 0.600. The molecule has 18 heavy (non-hydrogen) atoms. The smallest absolute Gasteiger partial charge is 0.115 e. The maximum atomic E-state index is 9.42. The number of nitrogens with one attached hydrogen (secondary N) is 1. The first-order valence-corrected chi connectivity index (χ1v) is 8.14. The molecule has 0 aliphatic heterocycles. The predicted molar refractivity (Wildman–Crippen MR) is 81.4 cm³/mol. The van der Waals surface area contributed by atoms with Crippen molar-refractivity contribution >= 4 is 11.8 Å². The number of hydrogen-bond acceptors (Lipinski definition) is 3. The van der Waals surface area contributed by atoms with Crippen molar-refractivity contribution in [1.82, 2.24) is 5.32 Å². The van der Waals surface area contributed by atoms with Gasteiger partial charge < -0.3 is 10.4 Å². The van der Waals surface area contributed by atoms with E-state index in [4.69, 9.17) is 0 Å². The quantitative estimate of drug-likeness (QED) is 0.664. The Labute approximate surface area is 115 Å². The number of phenols is 1. The van der Waals surface area contributed by atoms with Crippen molar-refractivity contribution in [2.24, 2.45) is 0 Å². The summed E-state index contributed by atoms with van der Waals surface area (Å²) in [4.78, 5) is 0. The number of thioether (sulfide) groups is 1. The summed E-state index contributed by atoms with van der Waals surface area (Å²) in [5, 5.41) is 12.9. The molecule has 1 atom stereocenters. The van der Waals surface area contributed by atoms with E-state index in [0.717, 1.165) is 12.1 Å². The van der Waals surface area contributed by atoms with Crippen LogP contribution < -0.4 is 5.32 Å². The van der Waals surface area contributed by atoms with Crippen LogP contribution in [0.5, 0.6) is 5.75 Å². The predicted octanol–water partition coefficient (Wildman–Crippen LogP) is 3.97. The highest BCUT2D eigenvalue weighted by atomic mass is 32.2. The van der Waals surface area contributed by atoms with Crippen LogP contribution in [-0.2, 0) is 0 Å². The van der Waals surface area contributed by atoms with E-state index in [-0.39, 0.29) is 0 Å². The van der Waals surface area contributed by atoms with Gasteiger partial charge in [-0.15, -0.1) is 0 Å². The fourth-order valence-corrected chi connectivity index (χ4v) is 2.45. The molecule has 2 nitrogen and oxygen atoms in total. The number of hydrogen-bond donors (Lipinski definition) is 2. The van der Waals surface area contributed by atoms with Crippen LogP contribution in [0.25, 0.3) is 0 Å². The molecule has 0 aromatic heterocycles. The van der Waals surface area contributed by atoms with E-state index < -0.39 is 0 Å². The fourth-order valence-electron chi connectivity index (χ4n) is 1.96. The molecule has 1 rings (SSSR count). The van der Waals surface area contributed by atoms with Gasteiger partial charge in [0, 0.05) is 6.04 Å². The summed E-state index contributed by atoms with van der Waals surface area (Å²) in [6.07, 6.45) is 7.38. The van der Waals surface area contributed by atoms with E-state index in [0.29, 0.717) is 11.8 Å². The van der Waals surface area contributed by atoms with Gasteiger partial charge in [-0.2, -0.15) is 11.8 Å². The van der Waals surface area contributed by atoms with Gasteiger partial charge in [-0.1, -0.05) is 25.0 Å². The van der Waals surface area contributed by atoms with Crippen LogP contribution in [0.4, 0.5) is 0 Å². The van der Waals surface area contributed by atoms with Crippen LogP contribution in [-0.4, -0.2) is 23.7 Å². The van der Waals surface area contributed by atoms with E-state index >= 15 is 0 Å². The minimum Gasteiger partial charge on any atom is -0.508 e. The lowest BCUT2D eigenvalue weighted by molar-refractivity contribution is 0.471. The van der Waals surface area contributed by atoms with Crippen LogP contribution in [0.2, 0.25) is 0 Å². The van der Waals surface area contributed by atoms with Crippen molar-refractivity contribution in [1.29, 1.82) is 0 Å². The van der Waals surface area contributed by atoms with Crippen molar-refractivity contribution < 1.29 is 5.11 Å². The van der Waals surface area contributed by atoms with Gasteiger partial charge in [-0.25, -0.2) is 0 Å². The van der Waals surface area contributed by atoms with E-state index in [1.165, 1.54) is 31.4 Å². The van der Waals surface area contributed by atoms with E-state index in [2.05, 4.69) is 24.6 Å². The van der Waals surface area contributed by atoms with Crippen molar-refractivity contribution in [3.05, 3.63) is 29.8 Å². The molecule has 0 spiro atoms. The van der Waals surface area contributed by atoms with Gasteiger partial charge in [0.25, 0.3) is 0 Å². The molecule has 0 aliphatic rings. The molecule has 102 valence electrons. The largest absolute Gasteiger partial charge is 0.508 e. The average molecular weight is 267 g/mol. The highest BCUT2D eigenvalue weighted by molar-refractivity contribution is 7.98. The van der Waals surface area contributed by atoms with E-state index in [1.807, 2.05) is 23.9 Å². The molecule has 0 saturated heterocycles. The van der Waals surface area contributed by atoms with Gasteiger partial charge in [0.15, 0.2) is 0 Å². The summed E-state index contributed by atoms with van der Waals surface area (Å²) in [5.41, 5.74) is 1.15. The minimum absolute atomic E-state index is 0.309. The van der Waals surface area contributed by atoms with Gasteiger partial charge in [0.1, 0.15) is 5.75 Å². The van der Waals surface area contributed by atoms with Crippen LogP contribution in [0.15, 0.2) is 24.3 Å². The Morgan fingerprint density at radius 3 is 2.72 bits per heavy atom. The second-order valence-corrected chi connectivity index (χ2v) is 5.66. The zero-order valence-electron chi connectivity index (χ0n) is 11.5. The van der Waals surface area contributed by atoms with Crippen molar-refractivity contribution in [3.63, 3.8) is 0 Å². The van der Waals surface area contributed by atoms with Crippen LogP contribution >= 0.6 is 11.8 Å². The van der Waals surface area contributed by atoms with Crippen LogP contribution in [0.1, 0.15) is 44.2 Å².